The van der Waals surface area contributed by atoms with Gasteiger partial charge in [0, 0.05) is 6.92 Å². The Morgan fingerprint density at radius 2 is 1.23 bits per heavy atom. The number of esters is 3. The third-order valence-corrected chi connectivity index (χ3v) is 4.55. The van der Waals surface area contributed by atoms with Gasteiger partial charge < -0.3 is 24.1 Å². The van der Waals surface area contributed by atoms with Crippen molar-refractivity contribution in [2.45, 2.75) is 44.6 Å². The van der Waals surface area contributed by atoms with E-state index in [-0.39, 0.29) is 11.1 Å². The van der Waals surface area contributed by atoms with Gasteiger partial charge in [-0.05, 0) is 31.2 Å². The number of benzene rings is 2. The lowest BCUT2D eigenvalue weighted by molar-refractivity contribution is -0.281. The van der Waals surface area contributed by atoms with E-state index in [2.05, 4.69) is 0 Å². The average Bonchev–Trinajstić information content (AvgIpc) is 2.74. The SMILES string of the molecule is CC(=O)O[C@H]1C(O)O[C@@H](C)[C@H](OC(=O)c2ccccc2)[C@H]1OC(=O)c1ccccc1. The average molecular weight is 414 g/mol. The van der Waals surface area contributed by atoms with Crippen molar-refractivity contribution in [1.82, 2.24) is 0 Å². The van der Waals surface area contributed by atoms with Crippen molar-refractivity contribution in [3.05, 3.63) is 71.8 Å². The molecular weight excluding hydrogens is 392 g/mol. The van der Waals surface area contributed by atoms with Crippen LogP contribution in [-0.4, -0.2) is 53.7 Å². The lowest BCUT2D eigenvalue weighted by atomic mass is 9.98. The quantitative estimate of drug-likeness (QED) is 0.585. The highest BCUT2D eigenvalue weighted by atomic mass is 16.7. The first-order valence-electron chi connectivity index (χ1n) is 9.39. The standard InChI is InChI=1S/C22H22O8/c1-13-17(29-20(24)15-9-5-3-6-10-15)18(19(22(26)27-13)28-14(2)23)30-21(25)16-11-7-4-8-12-16/h3-13,17-19,22,26H,1-2H3/t13-,17-,18+,19+,22?/m0/s1. The Morgan fingerprint density at radius 3 is 1.70 bits per heavy atom. The molecule has 2 aromatic carbocycles. The highest BCUT2D eigenvalue weighted by molar-refractivity contribution is 5.90. The molecule has 0 radical (unpaired) electrons. The maximum absolute atomic E-state index is 12.6. The molecule has 5 atom stereocenters. The molecular formula is C22H22O8. The number of carbonyl (C=O) groups is 3. The normalized spacial score (nSPS) is 25.8. The number of hydrogen-bond acceptors (Lipinski definition) is 8. The Morgan fingerprint density at radius 1 is 0.767 bits per heavy atom. The second kappa shape index (κ2) is 9.51. The molecule has 0 spiro atoms. The summed E-state index contributed by atoms with van der Waals surface area (Å²) < 4.78 is 21.6. The molecule has 158 valence electrons. The predicted octanol–water partition coefficient (Wildman–Crippen LogP) is 2.11. The van der Waals surface area contributed by atoms with Crippen molar-refractivity contribution in [2.75, 3.05) is 0 Å². The van der Waals surface area contributed by atoms with E-state index in [0.717, 1.165) is 6.92 Å². The maximum atomic E-state index is 12.6. The number of aliphatic hydroxyl groups excluding tert-OH is 1. The number of rotatable bonds is 5. The second-order valence-corrected chi connectivity index (χ2v) is 6.78. The zero-order chi connectivity index (χ0) is 21.7. The molecule has 1 unspecified atom stereocenters. The fraction of sp³-hybridized carbons (Fsp3) is 0.318. The van der Waals surface area contributed by atoms with Crippen molar-refractivity contribution in [1.29, 1.82) is 0 Å². The van der Waals surface area contributed by atoms with Gasteiger partial charge in [0.1, 0.15) is 0 Å². The van der Waals surface area contributed by atoms with Gasteiger partial charge in [-0.1, -0.05) is 36.4 Å². The van der Waals surface area contributed by atoms with Crippen LogP contribution < -0.4 is 0 Å². The van der Waals surface area contributed by atoms with Crippen molar-refractivity contribution >= 4 is 17.9 Å². The fourth-order valence-corrected chi connectivity index (χ4v) is 3.14. The fourth-order valence-electron chi connectivity index (χ4n) is 3.14. The summed E-state index contributed by atoms with van der Waals surface area (Å²) in [4.78, 5) is 36.8. The minimum atomic E-state index is -1.57. The van der Waals surface area contributed by atoms with Crippen LogP contribution in [0.4, 0.5) is 0 Å². The molecule has 1 aliphatic heterocycles. The van der Waals surface area contributed by atoms with Gasteiger partial charge in [-0.3, -0.25) is 4.79 Å². The van der Waals surface area contributed by atoms with Crippen LogP contribution in [0.5, 0.6) is 0 Å². The summed E-state index contributed by atoms with van der Waals surface area (Å²) >= 11 is 0. The van der Waals surface area contributed by atoms with E-state index in [1.54, 1.807) is 67.6 Å². The van der Waals surface area contributed by atoms with Crippen LogP contribution >= 0.6 is 0 Å². The topological polar surface area (TPSA) is 108 Å². The van der Waals surface area contributed by atoms with Crippen molar-refractivity contribution < 1.29 is 38.4 Å². The predicted molar refractivity (Wildman–Crippen MR) is 103 cm³/mol. The van der Waals surface area contributed by atoms with E-state index in [1.807, 2.05) is 0 Å². The van der Waals surface area contributed by atoms with E-state index in [9.17, 15) is 19.5 Å². The van der Waals surface area contributed by atoms with Gasteiger partial charge in [0.2, 0.25) is 0 Å². The van der Waals surface area contributed by atoms with Gasteiger partial charge in [-0.25, -0.2) is 9.59 Å². The molecule has 8 nitrogen and oxygen atoms in total. The molecule has 1 N–H and O–H groups in total. The number of carbonyl (C=O) groups excluding carboxylic acids is 3. The Kier molecular flexibility index (Phi) is 6.81. The molecule has 0 aromatic heterocycles. The highest BCUT2D eigenvalue weighted by Gasteiger charge is 2.50. The lowest BCUT2D eigenvalue weighted by Gasteiger charge is -2.42. The first kappa shape index (κ1) is 21.5. The summed E-state index contributed by atoms with van der Waals surface area (Å²) in [7, 11) is 0. The minimum absolute atomic E-state index is 0.251. The molecule has 1 fully saturated rings. The minimum Gasteiger partial charge on any atom is -0.453 e. The summed E-state index contributed by atoms with van der Waals surface area (Å²) in [6, 6.07) is 16.4. The van der Waals surface area contributed by atoms with Gasteiger partial charge in [0.15, 0.2) is 24.6 Å². The summed E-state index contributed by atoms with van der Waals surface area (Å²) in [5.74, 6) is -2.11. The molecule has 3 rings (SSSR count). The van der Waals surface area contributed by atoms with Crippen LogP contribution in [0.25, 0.3) is 0 Å². The van der Waals surface area contributed by atoms with Crippen LogP contribution in [0.1, 0.15) is 34.6 Å². The van der Waals surface area contributed by atoms with Crippen LogP contribution in [0, 0.1) is 0 Å². The number of hydrogen-bond donors (Lipinski definition) is 1. The molecule has 0 bridgehead atoms. The van der Waals surface area contributed by atoms with E-state index < -0.39 is 48.6 Å². The van der Waals surface area contributed by atoms with E-state index in [4.69, 9.17) is 18.9 Å². The van der Waals surface area contributed by atoms with Gasteiger partial charge in [-0.2, -0.15) is 0 Å². The molecule has 0 aliphatic carbocycles. The van der Waals surface area contributed by atoms with Gasteiger partial charge in [-0.15, -0.1) is 0 Å². The first-order valence-corrected chi connectivity index (χ1v) is 9.39. The third kappa shape index (κ3) is 5.03. The Bertz CT molecular complexity index is 883. The van der Waals surface area contributed by atoms with Crippen LogP contribution in [0.2, 0.25) is 0 Å². The summed E-state index contributed by atoms with van der Waals surface area (Å²) in [5, 5.41) is 10.3. The van der Waals surface area contributed by atoms with Gasteiger partial charge in [0.25, 0.3) is 0 Å². The van der Waals surface area contributed by atoms with Gasteiger partial charge >= 0.3 is 17.9 Å². The van der Waals surface area contributed by atoms with E-state index >= 15 is 0 Å². The van der Waals surface area contributed by atoms with Gasteiger partial charge in [0.05, 0.1) is 17.2 Å². The molecule has 1 heterocycles. The largest absolute Gasteiger partial charge is 0.453 e. The maximum Gasteiger partial charge on any atom is 0.338 e. The third-order valence-electron chi connectivity index (χ3n) is 4.55. The second-order valence-electron chi connectivity index (χ2n) is 6.78. The van der Waals surface area contributed by atoms with Crippen LogP contribution in [0.3, 0.4) is 0 Å². The molecule has 8 heteroatoms. The molecule has 1 saturated heterocycles. The van der Waals surface area contributed by atoms with Crippen molar-refractivity contribution in [2.24, 2.45) is 0 Å². The summed E-state index contributed by atoms with van der Waals surface area (Å²) in [6.07, 6.45) is -6.19. The molecule has 0 saturated carbocycles. The highest BCUT2D eigenvalue weighted by Crippen LogP contribution is 2.28. The Hall–Kier alpha value is -3.23. The van der Waals surface area contributed by atoms with Crippen LogP contribution in [-0.2, 0) is 23.7 Å². The monoisotopic (exact) mass is 414 g/mol. The van der Waals surface area contributed by atoms with Crippen molar-refractivity contribution in [3.63, 3.8) is 0 Å². The van der Waals surface area contributed by atoms with E-state index in [0.29, 0.717) is 0 Å². The smallest absolute Gasteiger partial charge is 0.338 e. The van der Waals surface area contributed by atoms with Crippen LogP contribution in [0.15, 0.2) is 60.7 Å². The molecule has 1 aliphatic rings. The Balaban J connectivity index is 1.88. The number of aliphatic hydroxyl groups is 1. The zero-order valence-corrected chi connectivity index (χ0v) is 16.5. The Labute approximate surface area is 173 Å². The zero-order valence-electron chi connectivity index (χ0n) is 16.5. The molecule has 0 amide bonds. The summed E-state index contributed by atoms with van der Waals surface area (Å²) in [6.45, 7) is 2.70. The summed E-state index contributed by atoms with van der Waals surface area (Å²) in [5.41, 5.74) is 0.536. The molecule has 30 heavy (non-hydrogen) atoms. The lowest BCUT2D eigenvalue weighted by Crippen LogP contribution is -2.60. The molecule has 2 aromatic rings. The first-order chi connectivity index (χ1) is 14.4. The van der Waals surface area contributed by atoms with Crippen molar-refractivity contribution in [3.8, 4) is 0 Å². The number of ether oxygens (including phenoxy) is 4. The van der Waals surface area contributed by atoms with E-state index in [1.165, 1.54) is 0 Å².